The summed E-state index contributed by atoms with van der Waals surface area (Å²) < 4.78 is 18.9. The van der Waals surface area contributed by atoms with Crippen molar-refractivity contribution in [1.29, 1.82) is 0 Å². The molecule has 0 aliphatic carbocycles. The smallest absolute Gasteiger partial charge is 0.231 e. The van der Waals surface area contributed by atoms with Crippen LogP contribution in [0.1, 0.15) is 24.7 Å². The fraction of sp³-hybridized carbons (Fsp3) is 0.385. The van der Waals surface area contributed by atoms with Gasteiger partial charge in [-0.1, -0.05) is 5.16 Å². The van der Waals surface area contributed by atoms with Gasteiger partial charge in [0.2, 0.25) is 11.7 Å². The van der Waals surface area contributed by atoms with Crippen molar-refractivity contribution in [2.45, 2.75) is 18.8 Å². The van der Waals surface area contributed by atoms with Crippen LogP contribution in [0.2, 0.25) is 0 Å². The molecule has 1 fully saturated rings. The third-order valence-electron chi connectivity index (χ3n) is 3.27. The summed E-state index contributed by atoms with van der Waals surface area (Å²) >= 11 is 3.16. The number of aromatic nitrogens is 2. The summed E-state index contributed by atoms with van der Waals surface area (Å²) in [4.78, 5) is 4.41. The molecular formula is C13H13BrFN3O. The Morgan fingerprint density at radius 3 is 3.05 bits per heavy atom. The lowest BCUT2D eigenvalue weighted by Crippen LogP contribution is -2.28. The van der Waals surface area contributed by atoms with E-state index in [0.717, 1.165) is 31.5 Å². The van der Waals surface area contributed by atoms with Crippen LogP contribution in [-0.4, -0.2) is 23.2 Å². The van der Waals surface area contributed by atoms with Crippen molar-refractivity contribution >= 4 is 15.9 Å². The lowest BCUT2D eigenvalue weighted by atomic mass is 10.00. The molecule has 0 saturated carbocycles. The van der Waals surface area contributed by atoms with Gasteiger partial charge in [-0.25, -0.2) is 4.39 Å². The molecule has 0 bridgehead atoms. The summed E-state index contributed by atoms with van der Waals surface area (Å²) in [6, 6.07) is 4.69. The van der Waals surface area contributed by atoms with Crippen molar-refractivity contribution in [3.63, 3.8) is 0 Å². The molecule has 1 aliphatic heterocycles. The van der Waals surface area contributed by atoms with E-state index in [1.54, 1.807) is 12.1 Å². The van der Waals surface area contributed by atoms with Gasteiger partial charge in [0, 0.05) is 12.1 Å². The number of benzene rings is 1. The predicted octanol–water partition coefficient (Wildman–Crippen LogP) is 3.11. The van der Waals surface area contributed by atoms with Crippen molar-refractivity contribution < 1.29 is 8.91 Å². The van der Waals surface area contributed by atoms with Gasteiger partial charge in [-0.2, -0.15) is 4.98 Å². The van der Waals surface area contributed by atoms with Gasteiger partial charge < -0.3 is 9.84 Å². The van der Waals surface area contributed by atoms with Gasteiger partial charge in [0.15, 0.2) is 0 Å². The number of halogens is 2. The summed E-state index contributed by atoms with van der Waals surface area (Å²) in [6.07, 6.45) is 2.17. The minimum absolute atomic E-state index is 0.277. The largest absolute Gasteiger partial charge is 0.339 e. The molecule has 1 atom stereocenters. The summed E-state index contributed by atoms with van der Waals surface area (Å²) in [6.45, 7) is 1.91. The number of nitrogens with one attached hydrogen (secondary N) is 1. The first-order chi connectivity index (χ1) is 9.24. The van der Waals surface area contributed by atoms with Crippen LogP contribution in [0.5, 0.6) is 0 Å². The highest BCUT2D eigenvalue weighted by atomic mass is 79.9. The van der Waals surface area contributed by atoms with E-state index < -0.39 is 0 Å². The minimum Gasteiger partial charge on any atom is -0.339 e. The lowest BCUT2D eigenvalue weighted by molar-refractivity contribution is 0.322. The van der Waals surface area contributed by atoms with Crippen molar-refractivity contribution in [2.75, 3.05) is 13.1 Å². The Hall–Kier alpha value is -1.27. The molecule has 1 N–H and O–H groups in total. The Bertz CT molecular complexity index is 581. The lowest BCUT2D eigenvalue weighted by Gasteiger charge is -2.18. The van der Waals surface area contributed by atoms with Crippen LogP contribution in [0.3, 0.4) is 0 Å². The van der Waals surface area contributed by atoms with Crippen LogP contribution in [0, 0.1) is 5.82 Å². The van der Waals surface area contributed by atoms with E-state index in [0.29, 0.717) is 16.2 Å². The van der Waals surface area contributed by atoms with Gasteiger partial charge in [0.1, 0.15) is 5.82 Å². The SMILES string of the molecule is Fc1ccc(-c2noc([C@H]3CCCNC3)n2)cc1Br. The second-order valence-corrected chi connectivity index (χ2v) is 5.48. The topological polar surface area (TPSA) is 51.0 Å². The van der Waals surface area contributed by atoms with Gasteiger partial charge in [-0.05, 0) is 53.5 Å². The Labute approximate surface area is 118 Å². The first-order valence-corrected chi connectivity index (χ1v) is 7.03. The maximum absolute atomic E-state index is 13.2. The third-order valence-corrected chi connectivity index (χ3v) is 3.87. The molecule has 1 aromatic heterocycles. The summed E-state index contributed by atoms with van der Waals surface area (Å²) in [5, 5.41) is 7.29. The Balaban J connectivity index is 1.85. The molecular weight excluding hydrogens is 313 g/mol. The van der Waals surface area contributed by atoms with E-state index in [-0.39, 0.29) is 11.7 Å². The normalized spacial score (nSPS) is 19.6. The van der Waals surface area contributed by atoms with Crippen molar-refractivity contribution in [3.05, 3.63) is 34.4 Å². The summed E-state index contributed by atoms with van der Waals surface area (Å²) in [5.74, 6) is 1.13. The average Bonchev–Trinajstić information content (AvgIpc) is 2.93. The van der Waals surface area contributed by atoms with Crippen LogP contribution in [0.4, 0.5) is 4.39 Å². The summed E-state index contributed by atoms with van der Waals surface area (Å²) in [5.41, 5.74) is 0.743. The van der Waals surface area contributed by atoms with Gasteiger partial charge in [-0.3, -0.25) is 0 Å². The molecule has 4 nitrogen and oxygen atoms in total. The minimum atomic E-state index is -0.302. The number of rotatable bonds is 2. The van der Waals surface area contributed by atoms with Crippen molar-refractivity contribution in [1.82, 2.24) is 15.5 Å². The third kappa shape index (κ3) is 2.69. The molecule has 0 radical (unpaired) electrons. The van der Waals surface area contributed by atoms with Crippen LogP contribution in [0.15, 0.2) is 27.2 Å². The standard InChI is InChI=1S/C13H13BrFN3O/c14-10-6-8(3-4-11(10)15)12-17-13(19-18-12)9-2-1-5-16-7-9/h3-4,6,9,16H,1-2,5,7H2/t9-/m0/s1. The molecule has 0 unspecified atom stereocenters. The maximum Gasteiger partial charge on any atom is 0.231 e. The Morgan fingerprint density at radius 2 is 2.32 bits per heavy atom. The monoisotopic (exact) mass is 325 g/mol. The van der Waals surface area contributed by atoms with E-state index in [1.807, 2.05) is 0 Å². The highest BCUT2D eigenvalue weighted by Gasteiger charge is 2.21. The van der Waals surface area contributed by atoms with E-state index in [9.17, 15) is 4.39 Å². The predicted molar refractivity (Wildman–Crippen MR) is 72.2 cm³/mol. The van der Waals surface area contributed by atoms with Crippen LogP contribution in [0.25, 0.3) is 11.4 Å². The molecule has 1 aliphatic rings. The van der Waals surface area contributed by atoms with Gasteiger partial charge in [0.05, 0.1) is 10.4 Å². The first-order valence-electron chi connectivity index (χ1n) is 6.24. The molecule has 1 aromatic carbocycles. The quantitative estimate of drug-likeness (QED) is 0.921. The van der Waals surface area contributed by atoms with E-state index in [4.69, 9.17) is 4.52 Å². The molecule has 2 aromatic rings. The van der Waals surface area contributed by atoms with E-state index in [1.165, 1.54) is 6.07 Å². The molecule has 2 heterocycles. The zero-order valence-corrected chi connectivity index (χ0v) is 11.8. The Morgan fingerprint density at radius 1 is 1.42 bits per heavy atom. The van der Waals surface area contributed by atoms with E-state index >= 15 is 0 Å². The number of nitrogens with zero attached hydrogens (tertiary/aromatic N) is 2. The fourth-order valence-corrected chi connectivity index (χ4v) is 2.59. The van der Waals surface area contributed by atoms with Crippen LogP contribution < -0.4 is 5.32 Å². The van der Waals surface area contributed by atoms with Crippen LogP contribution >= 0.6 is 15.9 Å². The van der Waals surface area contributed by atoms with Crippen molar-refractivity contribution in [2.24, 2.45) is 0 Å². The first kappa shape index (κ1) is 12.7. The van der Waals surface area contributed by atoms with E-state index in [2.05, 4.69) is 31.4 Å². The van der Waals surface area contributed by atoms with Gasteiger partial charge in [0.25, 0.3) is 0 Å². The molecule has 100 valence electrons. The van der Waals surface area contributed by atoms with Crippen LogP contribution in [-0.2, 0) is 0 Å². The molecule has 0 spiro atoms. The van der Waals surface area contributed by atoms with Gasteiger partial charge in [-0.15, -0.1) is 0 Å². The number of hydrogen-bond donors (Lipinski definition) is 1. The zero-order chi connectivity index (χ0) is 13.2. The average molecular weight is 326 g/mol. The molecule has 19 heavy (non-hydrogen) atoms. The second kappa shape index (κ2) is 5.38. The number of piperidine rings is 1. The highest BCUT2D eigenvalue weighted by molar-refractivity contribution is 9.10. The molecule has 1 saturated heterocycles. The summed E-state index contributed by atoms with van der Waals surface area (Å²) in [7, 11) is 0. The number of hydrogen-bond acceptors (Lipinski definition) is 4. The maximum atomic E-state index is 13.2. The Kier molecular flexibility index (Phi) is 3.61. The van der Waals surface area contributed by atoms with Gasteiger partial charge >= 0.3 is 0 Å². The fourth-order valence-electron chi connectivity index (χ4n) is 2.22. The zero-order valence-electron chi connectivity index (χ0n) is 10.2. The highest BCUT2D eigenvalue weighted by Crippen LogP contribution is 2.26. The molecule has 6 heteroatoms. The molecule has 3 rings (SSSR count). The second-order valence-electron chi connectivity index (χ2n) is 4.63. The van der Waals surface area contributed by atoms with Crippen molar-refractivity contribution in [3.8, 4) is 11.4 Å². The molecule has 0 amide bonds.